The van der Waals surface area contributed by atoms with Crippen molar-refractivity contribution >= 4 is 45.4 Å². The Morgan fingerprint density at radius 2 is 2.25 bits per heavy atom. The van der Waals surface area contributed by atoms with E-state index in [-0.39, 0.29) is 5.91 Å². The molecule has 0 aliphatic heterocycles. The molecule has 0 aliphatic carbocycles. The molecule has 1 N–H and O–H groups in total. The first-order chi connectivity index (χ1) is 11.6. The van der Waals surface area contributed by atoms with Crippen LogP contribution in [-0.2, 0) is 11.3 Å². The number of hydrogen-bond donors (Lipinski definition) is 1. The molecule has 0 aliphatic rings. The highest BCUT2D eigenvalue weighted by Crippen LogP contribution is 2.31. The van der Waals surface area contributed by atoms with Crippen LogP contribution in [0.5, 0.6) is 5.75 Å². The third-order valence-corrected chi connectivity index (χ3v) is 4.90. The molecule has 3 aromatic rings. The Bertz CT molecular complexity index is 818. The second kappa shape index (κ2) is 7.88. The largest absolute Gasteiger partial charge is 0.492 e. The molecule has 0 unspecified atom stereocenters. The summed E-state index contributed by atoms with van der Waals surface area (Å²) in [6.45, 7) is 0.821. The number of nitrogens with zero attached hydrogens (tertiary/aromatic N) is 2. The van der Waals surface area contributed by atoms with Crippen LogP contribution in [0.15, 0.2) is 36.0 Å². The zero-order valence-corrected chi connectivity index (χ0v) is 15.0. The molecule has 2 heterocycles. The predicted octanol–water partition coefficient (Wildman–Crippen LogP) is 4.18. The Morgan fingerprint density at radius 3 is 3.08 bits per heavy atom. The number of hydrogen-bond acceptors (Lipinski definition) is 4. The lowest BCUT2D eigenvalue weighted by Crippen LogP contribution is -2.23. The summed E-state index contributed by atoms with van der Waals surface area (Å²) in [5, 5.41) is 5.67. The van der Waals surface area contributed by atoms with E-state index in [2.05, 4.69) is 10.3 Å². The third-order valence-electron chi connectivity index (χ3n) is 3.33. The summed E-state index contributed by atoms with van der Waals surface area (Å²) in [5.41, 5.74) is 0.845. The fraction of sp³-hybridized carbons (Fsp3) is 0.250. The maximum Gasteiger partial charge on any atom is 0.220 e. The van der Waals surface area contributed by atoms with Crippen molar-refractivity contribution < 1.29 is 9.53 Å². The molecule has 2 aromatic heterocycles. The van der Waals surface area contributed by atoms with E-state index >= 15 is 0 Å². The number of ether oxygens (including phenoxy) is 1. The average Bonchev–Trinajstić information content (AvgIpc) is 3.14. The van der Waals surface area contributed by atoms with Gasteiger partial charge < -0.3 is 10.1 Å². The van der Waals surface area contributed by atoms with E-state index in [1.165, 1.54) is 0 Å². The van der Waals surface area contributed by atoms with Crippen LogP contribution in [0, 0.1) is 0 Å². The molecule has 5 nitrogen and oxygen atoms in total. The summed E-state index contributed by atoms with van der Waals surface area (Å²) >= 11 is 13.5. The third kappa shape index (κ3) is 4.20. The van der Waals surface area contributed by atoms with Crippen molar-refractivity contribution in [2.45, 2.75) is 19.4 Å². The van der Waals surface area contributed by atoms with Crippen molar-refractivity contribution in [2.24, 2.45) is 0 Å². The molecule has 0 bridgehead atoms. The van der Waals surface area contributed by atoms with Gasteiger partial charge in [-0.2, -0.15) is 0 Å². The molecular formula is C16H15Cl2N3O2S. The number of carbonyl (C=O) groups excluding carboxylic acids is 1. The number of carbonyl (C=O) groups is 1. The summed E-state index contributed by atoms with van der Waals surface area (Å²) in [7, 11) is 0. The Morgan fingerprint density at radius 1 is 1.38 bits per heavy atom. The van der Waals surface area contributed by atoms with Gasteiger partial charge >= 0.3 is 0 Å². The maximum atomic E-state index is 11.9. The Balaban J connectivity index is 1.38. The van der Waals surface area contributed by atoms with Gasteiger partial charge in [0.15, 0.2) is 4.96 Å². The number of benzene rings is 1. The average molecular weight is 384 g/mol. The summed E-state index contributed by atoms with van der Waals surface area (Å²) in [6, 6.07) is 5.22. The lowest BCUT2D eigenvalue weighted by atomic mass is 10.3. The molecule has 1 aromatic carbocycles. The standard InChI is InChI=1S/C16H15Cl2N3O2S/c17-12-3-1-4-13(15(12)18)23-7-2-5-14(22)19-9-11-10-21-6-8-24-16(21)20-11/h1,3-4,6,8,10H,2,5,7,9H2,(H,19,22). The van der Waals surface area contributed by atoms with Gasteiger partial charge in [-0.1, -0.05) is 29.3 Å². The van der Waals surface area contributed by atoms with E-state index in [1.54, 1.807) is 29.5 Å². The zero-order chi connectivity index (χ0) is 16.9. The number of thiazole rings is 1. The van der Waals surface area contributed by atoms with E-state index in [9.17, 15) is 4.79 Å². The van der Waals surface area contributed by atoms with Gasteiger partial charge in [0, 0.05) is 24.2 Å². The first-order valence-corrected chi connectivity index (χ1v) is 9.01. The maximum absolute atomic E-state index is 11.9. The van der Waals surface area contributed by atoms with Crippen molar-refractivity contribution in [3.63, 3.8) is 0 Å². The SMILES string of the molecule is O=C(CCCOc1cccc(Cl)c1Cl)NCc1cn2ccsc2n1. The number of aromatic nitrogens is 2. The molecule has 0 atom stereocenters. The molecule has 0 spiro atoms. The molecule has 0 fully saturated rings. The van der Waals surface area contributed by atoms with E-state index < -0.39 is 0 Å². The van der Waals surface area contributed by atoms with Crippen LogP contribution in [0.2, 0.25) is 10.0 Å². The molecule has 0 saturated carbocycles. The molecule has 3 rings (SSSR count). The zero-order valence-electron chi connectivity index (χ0n) is 12.7. The fourth-order valence-corrected chi connectivity index (χ4v) is 3.21. The highest BCUT2D eigenvalue weighted by molar-refractivity contribution is 7.15. The van der Waals surface area contributed by atoms with Gasteiger partial charge in [0.05, 0.1) is 23.9 Å². The number of rotatable bonds is 7. The van der Waals surface area contributed by atoms with E-state index in [4.69, 9.17) is 27.9 Å². The minimum Gasteiger partial charge on any atom is -0.492 e. The van der Waals surface area contributed by atoms with Gasteiger partial charge in [-0.05, 0) is 18.6 Å². The van der Waals surface area contributed by atoms with Crippen molar-refractivity contribution in [1.82, 2.24) is 14.7 Å². The highest BCUT2D eigenvalue weighted by Gasteiger charge is 2.07. The lowest BCUT2D eigenvalue weighted by molar-refractivity contribution is -0.121. The van der Waals surface area contributed by atoms with Crippen molar-refractivity contribution in [3.8, 4) is 5.75 Å². The number of fused-ring (bicyclic) bond motifs is 1. The van der Waals surface area contributed by atoms with Crippen LogP contribution in [0.25, 0.3) is 4.96 Å². The number of amides is 1. The Hall–Kier alpha value is -1.76. The highest BCUT2D eigenvalue weighted by atomic mass is 35.5. The van der Waals surface area contributed by atoms with Gasteiger partial charge in [0.25, 0.3) is 0 Å². The Labute approximate surface area is 153 Å². The van der Waals surface area contributed by atoms with E-state index in [1.807, 2.05) is 22.2 Å². The van der Waals surface area contributed by atoms with Crippen molar-refractivity contribution in [2.75, 3.05) is 6.61 Å². The molecule has 126 valence electrons. The minimum absolute atomic E-state index is 0.0351. The monoisotopic (exact) mass is 383 g/mol. The van der Waals surface area contributed by atoms with Crippen LogP contribution in [0.4, 0.5) is 0 Å². The second-order valence-electron chi connectivity index (χ2n) is 5.11. The first-order valence-electron chi connectivity index (χ1n) is 7.38. The number of halogens is 2. The van der Waals surface area contributed by atoms with E-state index in [0.717, 1.165) is 10.7 Å². The van der Waals surface area contributed by atoms with Gasteiger partial charge in [-0.3, -0.25) is 9.20 Å². The summed E-state index contributed by atoms with van der Waals surface area (Å²) in [5.74, 6) is 0.495. The molecule has 24 heavy (non-hydrogen) atoms. The van der Waals surface area contributed by atoms with Gasteiger partial charge in [-0.25, -0.2) is 4.98 Å². The van der Waals surface area contributed by atoms with Crippen LogP contribution >= 0.6 is 34.5 Å². The van der Waals surface area contributed by atoms with Gasteiger partial charge in [0.1, 0.15) is 10.8 Å². The van der Waals surface area contributed by atoms with Gasteiger partial charge in [-0.15, -0.1) is 11.3 Å². The Kier molecular flexibility index (Phi) is 5.60. The molecule has 8 heteroatoms. The fourth-order valence-electron chi connectivity index (χ4n) is 2.15. The van der Waals surface area contributed by atoms with Crippen LogP contribution in [0.1, 0.15) is 18.5 Å². The number of imidazole rings is 1. The topological polar surface area (TPSA) is 55.6 Å². The summed E-state index contributed by atoms with van der Waals surface area (Å²) in [4.78, 5) is 17.2. The minimum atomic E-state index is -0.0351. The van der Waals surface area contributed by atoms with Crippen molar-refractivity contribution in [1.29, 1.82) is 0 Å². The lowest BCUT2D eigenvalue weighted by Gasteiger charge is -2.08. The molecule has 0 saturated heterocycles. The quantitative estimate of drug-likeness (QED) is 0.622. The van der Waals surface area contributed by atoms with E-state index in [0.29, 0.717) is 41.8 Å². The smallest absolute Gasteiger partial charge is 0.220 e. The number of nitrogens with one attached hydrogen (secondary N) is 1. The predicted molar refractivity (Wildman–Crippen MR) is 96.1 cm³/mol. The molecular weight excluding hydrogens is 369 g/mol. The normalized spacial score (nSPS) is 10.9. The second-order valence-corrected chi connectivity index (χ2v) is 6.76. The first kappa shape index (κ1) is 17.1. The summed E-state index contributed by atoms with van der Waals surface area (Å²) in [6.07, 6.45) is 4.82. The molecule has 1 amide bonds. The van der Waals surface area contributed by atoms with Crippen LogP contribution in [-0.4, -0.2) is 21.9 Å². The van der Waals surface area contributed by atoms with Crippen molar-refractivity contribution in [3.05, 3.63) is 51.7 Å². The van der Waals surface area contributed by atoms with Crippen LogP contribution < -0.4 is 10.1 Å². The molecule has 0 radical (unpaired) electrons. The summed E-state index contributed by atoms with van der Waals surface area (Å²) < 4.78 is 7.49. The van der Waals surface area contributed by atoms with Gasteiger partial charge in [0.2, 0.25) is 5.91 Å². The van der Waals surface area contributed by atoms with Crippen LogP contribution in [0.3, 0.4) is 0 Å².